The van der Waals surface area contributed by atoms with E-state index in [1.807, 2.05) is 6.07 Å². The van der Waals surface area contributed by atoms with Gasteiger partial charge in [0.05, 0.1) is 11.8 Å². The van der Waals surface area contributed by atoms with Gasteiger partial charge in [-0.1, -0.05) is 12.1 Å². The van der Waals surface area contributed by atoms with Crippen LogP contribution in [0.2, 0.25) is 0 Å². The smallest absolute Gasteiger partial charge is 0.306 e. The van der Waals surface area contributed by atoms with Crippen LogP contribution >= 0.6 is 0 Å². The molecule has 142 valence electrons. The summed E-state index contributed by atoms with van der Waals surface area (Å²) in [4.78, 5) is 25.9. The van der Waals surface area contributed by atoms with Crippen molar-refractivity contribution in [1.82, 2.24) is 10.2 Å². The zero-order valence-corrected chi connectivity index (χ0v) is 15.0. The third-order valence-corrected chi connectivity index (χ3v) is 5.59. The summed E-state index contributed by atoms with van der Waals surface area (Å²) in [6, 6.07) is 6.70. The van der Waals surface area contributed by atoms with Crippen molar-refractivity contribution in [1.29, 1.82) is 0 Å². The first-order chi connectivity index (χ1) is 12.5. The number of nitrogens with zero attached hydrogens (tertiary/aromatic N) is 1. The van der Waals surface area contributed by atoms with Crippen LogP contribution in [0.5, 0.6) is 0 Å². The number of amides is 1. The SMILES string of the molecule is O=C(O)C1CCC(NC(=O)[C@H]2CCCN(Cc3cccc(F)c3)C2)CC1. The molecule has 1 heterocycles. The second kappa shape index (κ2) is 8.62. The molecule has 0 aromatic heterocycles. The minimum Gasteiger partial charge on any atom is -0.481 e. The van der Waals surface area contributed by atoms with E-state index in [0.717, 1.165) is 37.8 Å². The van der Waals surface area contributed by atoms with Gasteiger partial charge in [0.25, 0.3) is 0 Å². The van der Waals surface area contributed by atoms with Gasteiger partial charge in [0.15, 0.2) is 0 Å². The first-order valence-corrected chi connectivity index (χ1v) is 9.51. The summed E-state index contributed by atoms with van der Waals surface area (Å²) in [5.41, 5.74) is 0.929. The largest absolute Gasteiger partial charge is 0.481 e. The Morgan fingerprint density at radius 3 is 2.62 bits per heavy atom. The van der Waals surface area contributed by atoms with Crippen LogP contribution in [0.25, 0.3) is 0 Å². The third kappa shape index (κ3) is 5.04. The number of carboxylic acids is 1. The predicted octanol–water partition coefficient (Wildman–Crippen LogP) is 2.80. The molecule has 6 heteroatoms. The number of hydrogen-bond donors (Lipinski definition) is 2. The lowest BCUT2D eigenvalue weighted by Crippen LogP contribution is -2.46. The Morgan fingerprint density at radius 1 is 1.15 bits per heavy atom. The molecule has 1 aliphatic carbocycles. The third-order valence-electron chi connectivity index (χ3n) is 5.59. The fraction of sp³-hybridized carbons (Fsp3) is 0.600. The summed E-state index contributed by atoms with van der Waals surface area (Å²) >= 11 is 0. The molecule has 1 atom stereocenters. The predicted molar refractivity (Wildman–Crippen MR) is 95.9 cm³/mol. The second-order valence-electron chi connectivity index (χ2n) is 7.60. The highest BCUT2D eigenvalue weighted by molar-refractivity contribution is 5.79. The normalized spacial score (nSPS) is 27.0. The summed E-state index contributed by atoms with van der Waals surface area (Å²) in [6.45, 7) is 2.27. The Bertz CT molecular complexity index is 644. The van der Waals surface area contributed by atoms with E-state index >= 15 is 0 Å². The van der Waals surface area contributed by atoms with Crippen molar-refractivity contribution in [2.45, 2.75) is 51.1 Å². The molecule has 1 aromatic rings. The standard InChI is InChI=1S/C20H27FN2O3/c21-17-5-1-3-14(11-17)12-23-10-2-4-16(13-23)19(24)22-18-8-6-15(7-9-18)20(25)26/h1,3,5,11,15-16,18H,2,4,6-10,12-13H2,(H,22,24)(H,25,26)/t15?,16-,18?/m0/s1. The molecule has 1 aliphatic heterocycles. The van der Waals surface area contributed by atoms with Crippen molar-refractivity contribution < 1.29 is 19.1 Å². The van der Waals surface area contributed by atoms with Crippen LogP contribution in [0.3, 0.4) is 0 Å². The highest BCUT2D eigenvalue weighted by Crippen LogP contribution is 2.25. The first kappa shape index (κ1) is 18.8. The van der Waals surface area contributed by atoms with Crippen molar-refractivity contribution >= 4 is 11.9 Å². The van der Waals surface area contributed by atoms with Crippen molar-refractivity contribution in [2.75, 3.05) is 13.1 Å². The molecule has 0 unspecified atom stereocenters. The monoisotopic (exact) mass is 362 g/mol. The number of benzene rings is 1. The van der Waals surface area contributed by atoms with Crippen molar-refractivity contribution in [3.8, 4) is 0 Å². The molecular weight excluding hydrogens is 335 g/mol. The molecule has 2 N–H and O–H groups in total. The van der Waals surface area contributed by atoms with Gasteiger partial charge >= 0.3 is 5.97 Å². The maximum Gasteiger partial charge on any atom is 0.306 e. The van der Waals surface area contributed by atoms with E-state index < -0.39 is 5.97 Å². The van der Waals surface area contributed by atoms with Gasteiger partial charge in [-0.05, 0) is 62.8 Å². The molecule has 5 nitrogen and oxygen atoms in total. The molecule has 0 bridgehead atoms. The molecule has 0 radical (unpaired) electrons. The van der Waals surface area contributed by atoms with Gasteiger partial charge in [-0.15, -0.1) is 0 Å². The van der Waals surface area contributed by atoms with Crippen LogP contribution < -0.4 is 5.32 Å². The van der Waals surface area contributed by atoms with E-state index in [9.17, 15) is 14.0 Å². The second-order valence-corrected chi connectivity index (χ2v) is 7.60. The summed E-state index contributed by atoms with van der Waals surface area (Å²) < 4.78 is 13.3. The van der Waals surface area contributed by atoms with E-state index in [-0.39, 0.29) is 29.6 Å². The Morgan fingerprint density at radius 2 is 1.92 bits per heavy atom. The Labute approximate surface area is 153 Å². The molecule has 2 aliphatic rings. The van der Waals surface area contributed by atoms with E-state index in [0.29, 0.717) is 25.9 Å². The zero-order chi connectivity index (χ0) is 18.5. The fourth-order valence-corrected chi connectivity index (χ4v) is 4.11. The molecule has 1 amide bonds. The molecule has 3 rings (SSSR count). The van der Waals surface area contributed by atoms with Crippen molar-refractivity contribution in [3.63, 3.8) is 0 Å². The van der Waals surface area contributed by atoms with Crippen molar-refractivity contribution in [3.05, 3.63) is 35.6 Å². The van der Waals surface area contributed by atoms with Gasteiger partial charge in [-0.2, -0.15) is 0 Å². The minimum absolute atomic E-state index is 0.0468. The number of carbonyl (C=O) groups excluding carboxylic acids is 1. The highest BCUT2D eigenvalue weighted by atomic mass is 19.1. The number of nitrogens with one attached hydrogen (secondary N) is 1. The lowest BCUT2D eigenvalue weighted by molar-refractivity contribution is -0.142. The molecule has 0 spiro atoms. The summed E-state index contributed by atoms with van der Waals surface area (Å²) in [5.74, 6) is -1.19. The molecule has 26 heavy (non-hydrogen) atoms. The van der Waals surface area contributed by atoms with E-state index in [2.05, 4.69) is 10.2 Å². The van der Waals surface area contributed by atoms with Gasteiger partial charge in [0, 0.05) is 19.1 Å². The molecule has 2 fully saturated rings. The van der Waals surface area contributed by atoms with Crippen LogP contribution in [-0.4, -0.2) is 41.0 Å². The summed E-state index contributed by atoms with van der Waals surface area (Å²) in [6.07, 6.45) is 4.58. The number of carboxylic acid groups (broad SMARTS) is 1. The van der Waals surface area contributed by atoms with Crippen molar-refractivity contribution in [2.24, 2.45) is 11.8 Å². The number of hydrogen-bond acceptors (Lipinski definition) is 3. The van der Waals surface area contributed by atoms with Gasteiger partial charge in [-0.3, -0.25) is 14.5 Å². The van der Waals surface area contributed by atoms with Crippen LogP contribution in [0, 0.1) is 17.7 Å². The lowest BCUT2D eigenvalue weighted by Gasteiger charge is -2.34. The Balaban J connectivity index is 1.48. The minimum atomic E-state index is -0.727. The van der Waals surface area contributed by atoms with Gasteiger partial charge in [0.1, 0.15) is 5.82 Å². The average molecular weight is 362 g/mol. The molecule has 1 aromatic carbocycles. The topological polar surface area (TPSA) is 69.6 Å². The fourth-order valence-electron chi connectivity index (χ4n) is 4.11. The number of piperidine rings is 1. The lowest BCUT2D eigenvalue weighted by atomic mass is 9.85. The quantitative estimate of drug-likeness (QED) is 0.845. The maximum absolute atomic E-state index is 13.3. The Hall–Kier alpha value is -1.95. The van der Waals surface area contributed by atoms with Gasteiger partial charge in [-0.25, -0.2) is 4.39 Å². The number of carbonyl (C=O) groups is 2. The number of rotatable bonds is 5. The van der Waals surface area contributed by atoms with Crippen LogP contribution in [-0.2, 0) is 16.1 Å². The molecule has 1 saturated heterocycles. The van der Waals surface area contributed by atoms with E-state index in [1.165, 1.54) is 6.07 Å². The van der Waals surface area contributed by atoms with E-state index in [4.69, 9.17) is 5.11 Å². The first-order valence-electron chi connectivity index (χ1n) is 9.51. The maximum atomic E-state index is 13.3. The molecule has 1 saturated carbocycles. The molecular formula is C20H27FN2O3. The van der Waals surface area contributed by atoms with Crippen LogP contribution in [0.1, 0.15) is 44.1 Å². The summed E-state index contributed by atoms with van der Waals surface area (Å²) in [7, 11) is 0. The number of likely N-dealkylation sites (tertiary alicyclic amines) is 1. The van der Waals surface area contributed by atoms with Gasteiger partial charge in [0.2, 0.25) is 5.91 Å². The Kier molecular flexibility index (Phi) is 6.25. The zero-order valence-electron chi connectivity index (χ0n) is 15.0. The van der Waals surface area contributed by atoms with Crippen LogP contribution in [0.15, 0.2) is 24.3 Å². The summed E-state index contributed by atoms with van der Waals surface area (Å²) in [5, 5.41) is 12.2. The average Bonchev–Trinajstić information content (AvgIpc) is 2.62. The highest BCUT2D eigenvalue weighted by Gasteiger charge is 2.30. The van der Waals surface area contributed by atoms with Crippen LogP contribution in [0.4, 0.5) is 4.39 Å². The number of halogens is 1. The number of aliphatic carboxylic acids is 1. The van der Waals surface area contributed by atoms with Gasteiger partial charge < -0.3 is 10.4 Å². The van der Waals surface area contributed by atoms with E-state index in [1.54, 1.807) is 12.1 Å².